The van der Waals surface area contributed by atoms with Gasteiger partial charge in [0, 0.05) is 0 Å². The summed E-state index contributed by atoms with van der Waals surface area (Å²) in [4.78, 5) is 0. The van der Waals surface area contributed by atoms with E-state index < -0.39 is 0 Å². The van der Waals surface area contributed by atoms with Crippen molar-refractivity contribution in [3.8, 4) is 0 Å². The smallest absolute Gasteiger partial charge is 0.131 e. The van der Waals surface area contributed by atoms with Crippen LogP contribution in [-0.2, 0) is 0 Å². The average molecular weight is 118 g/mol. The van der Waals surface area contributed by atoms with Crippen molar-refractivity contribution >= 4 is 0 Å². The summed E-state index contributed by atoms with van der Waals surface area (Å²) in [6.07, 6.45) is 0. The average Bonchev–Trinajstić information content (AvgIpc) is 1.67. The number of quaternary nitrogens is 1. The molecule has 1 aliphatic heterocycles. The molecule has 1 aliphatic rings. The first-order valence-electron chi connectivity index (χ1n) is 2.65. The van der Waals surface area contributed by atoms with Crippen LogP contribution in [-0.4, -0.2) is 30.3 Å². The molecule has 0 bridgehead atoms. The second-order valence-corrected chi connectivity index (χ2v) is 2.12. The third kappa shape index (κ3) is 0.714. The van der Waals surface area contributed by atoms with E-state index in [-0.39, 0.29) is 23.8 Å². The van der Waals surface area contributed by atoms with E-state index in [4.69, 9.17) is 10.8 Å². The van der Waals surface area contributed by atoms with Crippen LogP contribution >= 0.6 is 0 Å². The van der Waals surface area contributed by atoms with Gasteiger partial charge in [0.25, 0.3) is 0 Å². The molecule has 0 spiro atoms. The van der Waals surface area contributed by atoms with Crippen LogP contribution in [0.25, 0.3) is 0 Å². The highest BCUT2D eigenvalue weighted by molar-refractivity contribution is 4.78. The zero-order valence-electron chi connectivity index (χ0n) is 4.50. The van der Waals surface area contributed by atoms with Gasteiger partial charge in [0.15, 0.2) is 0 Å². The predicted octanol–water partition coefficient (Wildman–Crippen LogP) is -2.93. The molecule has 3 unspecified atom stereocenters. The number of hydrogen-bond acceptors (Lipinski definition) is 3. The van der Waals surface area contributed by atoms with Gasteiger partial charge in [-0.15, -0.1) is 0 Å². The van der Waals surface area contributed by atoms with Crippen molar-refractivity contribution in [3.05, 3.63) is 5.21 Å². The van der Waals surface area contributed by atoms with E-state index >= 15 is 0 Å². The second kappa shape index (κ2) is 1.99. The molecule has 0 aromatic carbocycles. The predicted molar refractivity (Wildman–Crippen MR) is 28.0 cm³/mol. The molecule has 0 amide bonds. The van der Waals surface area contributed by atoms with Gasteiger partial charge < -0.3 is 21.1 Å². The molecule has 1 fully saturated rings. The molecule has 1 saturated heterocycles. The third-order valence-corrected chi connectivity index (χ3v) is 1.56. The number of hydroxylamine groups is 2. The van der Waals surface area contributed by atoms with E-state index in [0.29, 0.717) is 6.54 Å². The number of rotatable bonds is 1. The van der Waals surface area contributed by atoms with Crippen molar-refractivity contribution in [2.24, 2.45) is 5.73 Å². The number of aliphatic hydroxyl groups is 1. The van der Waals surface area contributed by atoms with E-state index in [1.165, 1.54) is 0 Å². The lowest BCUT2D eigenvalue weighted by Gasteiger charge is -2.43. The lowest BCUT2D eigenvalue weighted by molar-refractivity contribution is -0.923. The van der Waals surface area contributed by atoms with E-state index in [1.807, 2.05) is 0 Å². The molecule has 8 heavy (non-hydrogen) atoms. The first-order valence-corrected chi connectivity index (χ1v) is 2.65. The highest BCUT2D eigenvalue weighted by Crippen LogP contribution is 1.90. The van der Waals surface area contributed by atoms with Crippen LogP contribution < -0.4 is 10.8 Å². The Balaban J connectivity index is 2.29. The van der Waals surface area contributed by atoms with Crippen LogP contribution in [0.5, 0.6) is 0 Å². The third-order valence-electron chi connectivity index (χ3n) is 1.56. The van der Waals surface area contributed by atoms with Gasteiger partial charge in [0.05, 0.1) is 13.2 Å². The molecule has 4 N–H and O–H groups in total. The Bertz CT molecular complexity index is 80.1. The summed E-state index contributed by atoms with van der Waals surface area (Å²) in [6, 6.07) is -0.331. The van der Waals surface area contributed by atoms with Gasteiger partial charge in [-0.1, -0.05) is 0 Å². The van der Waals surface area contributed by atoms with Gasteiger partial charge in [-0.3, -0.25) is 0 Å². The molecule has 0 radical (unpaired) electrons. The van der Waals surface area contributed by atoms with Crippen molar-refractivity contribution < 1.29 is 10.2 Å². The molecule has 0 saturated carbocycles. The largest absolute Gasteiger partial charge is 0.634 e. The maximum Gasteiger partial charge on any atom is 0.131 e. The highest BCUT2D eigenvalue weighted by Gasteiger charge is 2.35. The van der Waals surface area contributed by atoms with Crippen LogP contribution in [0, 0.1) is 5.21 Å². The van der Waals surface area contributed by atoms with Crippen molar-refractivity contribution in [1.82, 2.24) is 0 Å². The van der Waals surface area contributed by atoms with Gasteiger partial charge in [0.1, 0.15) is 12.1 Å². The number of aliphatic hydroxyl groups excluding tert-OH is 1. The molecular weight excluding hydrogens is 108 g/mol. The fraction of sp³-hybridized carbons (Fsp3) is 1.00. The van der Waals surface area contributed by atoms with Crippen LogP contribution in [0.15, 0.2) is 0 Å². The maximum atomic E-state index is 10.4. The van der Waals surface area contributed by atoms with Gasteiger partial charge in [0.2, 0.25) is 0 Å². The summed E-state index contributed by atoms with van der Waals surface area (Å²) in [6.45, 7) is 0.366. The molecule has 4 heteroatoms. The molecule has 3 atom stereocenters. The van der Waals surface area contributed by atoms with Crippen molar-refractivity contribution in [2.45, 2.75) is 12.1 Å². The Labute approximate surface area is 47.5 Å². The zero-order chi connectivity index (χ0) is 6.15. The monoisotopic (exact) mass is 118 g/mol. The molecule has 0 aromatic heterocycles. The summed E-state index contributed by atoms with van der Waals surface area (Å²) >= 11 is 0. The van der Waals surface area contributed by atoms with E-state index in [0.717, 1.165) is 0 Å². The first-order chi connectivity index (χ1) is 3.75. The summed E-state index contributed by atoms with van der Waals surface area (Å²) < 4.78 is 0. The maximum absolute atomic E-state index is 10.4. The minimum absolute atomic E-state index is 0.0764. The van der Waals surface area contributed by atoms with Crippen LogP contribution in [0.3, 0.4) is 0 Å². The van der Waals surface area contributed by atoms with E-state index in [1.54, 1.807) is 0 Å². The minimum atomic E-state index is -0.255. The Kier molecular flexibility index (Phi) is 1.48. The standard InChI is InChI=1S/C4H10N2O2/c5-3-1-6(8)4(3)2-7/h3-4,6-7H,1-2,5H2. The van der Waals surface area contributed by atoms with Crippen LogP contribution in [0.4, 0.5) is 0 Å². The first kappa shape index (κ1) is 5.97. The minimum Gasteiger partial charge on any atom is -0.634 e. The van der Waals surface area contributed by atoms with E-state index in [9.17, 15) is 5.21 Å². The molecule has 0 aromatic rings. The van der Waals surface area contributed by atoms with Gasteiger partial charge in [-0.25, -0.2) is 0 Å². The number of nitrogens with two attached hydrogens (primary N) is 1. The summed E-state index contributed by atoms with van der Waals surface area (Å²) in [7, 11) is 0. The molecule has 0 aliphatic carbocycles. The molecule has 1 heterocycles. The number of hydrogen-bond donors (Lipinski definition) is 3. The normalized spacial score (nSPS) is 46.1. The molecule has 4 nitrogen and oxygen atoms in total. The number of nitrogens with one attached hydrogen (secondary N) is 1. The summed E-state index contributed by atoms with van der Waals surface area (Å²) in [5.41, 5.74) is 5.34. The van der Waals surface area contributed by atoms with Gasteiger partial charge in [-0.05, 0) is 0 Å². The van der Waals surface area contributed by atoms with Crippen LogP contribution in [0.2, 0.25) is 0 Å². The van der Waals surface area contributed by atoms with E-state index in [2.05, 4.69) is 0 Å². The topological polar surface area (TPSA) is 73.8 Å². The zero-order valence-corrected chi connectivity index (χ0v) is 4.50. The summed E-state index contributed by atoms with van der Waals surface area (Å²) in [5, 5.41) is 19.0. The van der Waals surface area contributed by atoms with Gasteiger partial charge in [-0.2, -0.15) is 0 Å². The molecule has 1 rings (SSSR count). The van der Waals surface area contributed by atoms with Gasteiger partial charge >= 0.3 is 0 Å². The second-order valence-electron chi connectivity index (χ2n) is 2.12. The molecule has 48 valence electrons. The lowest BCUT2D eigenvalue weighted by atomic mass is 10.0. The fourth-order valence-electron chi connectivity index (χ4n) is 0.841. The Morgan fingerprint density at radius 2 is 2.50 bits per heavy atom. The highest BCUT2D eigenvalue weighted by atomic mass is 16.5. The Hall–Kier alpha value is -0.160. The Morgan fingerprint density at radius 1 is 1.88 bits per heavy atom. The molecular formula is C4H10N2O2. The summed E-state index contributed by atoms with van der Waals surface area (Å²) in [5.74, 6) is 0. The Morgan fingerprint density at radius 3 is 2.62 bits per heavy atom. The van der Waals surface area contributed by atoms with Crippen molar-refractivity contribution in [3.63, 3.8) is 0 Å². The van der Waals surface area contributed by atoms with Crippen LogP contribution in [0.1, 0.15) is 0 Å². The van der Waals surface area contributed by atoms with Crippen molar-refractivity contribution in [2.75, 3.05) is 13.2 Å². The quantitative estimate of drug-likeness (QED) is 0.323. The SMILES string of the molecule is NC1C[NH+]([O-])C1CO. The fourth-order valence-corrected chi connectivity index (χ4v) is 0.841. The lowest BCUT2D eigenvalue weighted by Crippen LogP contribution is -3.23. The van der Waals surface area contributed by atoms with Crippen molar-refractivity contribution in [1.29, 1.82) is 0 Å².